The van der Waals surface area contributed by atoms with Gasteiger partial charge in [-0.25, -0.2) is 0 Å². The van der Waals surface area contributed by atoms with Gasteiger partial charge < -0.3 is 10.8 Å². The van der Waals surface area contributed by atoms with E-state index in [-0.39, 0.29) is 5.92 Å². The molecule has 3 N–H and O–H groups in total. The quantitative estimate of drug-likeness (QED) is 0.702. The van der Waals surface area contributed by atoms with Gasteiger partial charge in [-0.2, -0.15) is 0 Å². The Morgan fingerprint density at radius 2 is 2.31 bits per heavy atom. The predicted molar refractivity (Wildman–Crippen MR) is 51.4 cm³/mol. The molecule has 0 amide bonds. The minimum absolute atomic E-state index is 0.171. The molecule has 0 unspecified atom stereocenters. The number of carboxylic acids is 1. The molecule has 0 bridgehead atoms. The van der Waals surface area contributed by atoms with Crippen LogP contribution in [0.3, 0.4) is 0 Å². The summed E-state index contributed by atoms with van der Waals surface area (Å²) < 4.78 is 0. The summed E-state index contributed by atoms with van der Waals surface area (Å²) in [4.78, 5) is 11.0. The van der Waals surface area contributed by atoms with Gasteiger partial charge in [0.15, 0.2) is 0 Å². The van der Waals surface area contributed by atoms with Crippen molar-refractivity contribution < 1.29 is 9.90 Å². The Morgan fingerprint density at radius 1 is 1.69 bits per heavy atom. The van der Waals surface area contributed by atoms with Gasteiger partial charge in [-0.1, -0.05) is 20.3 Å². The first kappa shape index (κ1) is 10.5. The van der Waals surface area contributed by atoms with Crippen molar-refractivity contribution in [2.75, 3.05) is 0 Å². The van der Waals surface area contributed by atoms with E-state index < -0.39 is 11.5 Å². The van der Waals surface area contributed by atoms with Gasteiger partial charge >= 0.3 is 5.97 Å². The zero-order valence-electron chi connectivity index (χ0n) is 8.42. The molecule has 1 aliphatic rings. The Hall–Kier alpha value is -0.570. The van der Waals surface area contributed by atoms with Crippen molar-refractivity contribution in [1.29, 1.82) is 0 Å². The van der Waals surface area contributed by atoms with E-state index in [4.69, 9.17) is 10.8 Å². The summed E-state index contributed by atoms with van der Waals surface area (Å²) in [7, 11) is 0. The molecule has 3 heteroatoms. The molecule has 0 heterocycles. The second-order valence-electron chi connectivity index (χ2n) is 4.56. The van der Waals surface area contributed by atoms with Crippen LogP contribution in [0.4, 0.5) is 0 Å². The first-order valence-corrected chi connectivity index (χ1v) is 4.99. The van der Waals surface area contributed by atoms with Crippen LogP contribution in [-0.4, -0.2) is 16.6 Å². The molecule has 13 heavy (non-hydrogen) atoms. The molecule has 0 aliphatic heterocycles. The van der Waals surface area contributed by atoms with Gasteiger partial charge in [-0.05, 0) is 31.1 Å². The summed E-state index contributed by atoms with van der Waals surface area (Å²) in [5, 5.41) is 9.03. The summed E-state index contributed by atoms with van der Waals surface area (Å²) >= 11 is 0. The van der Waals surface area contributed by atoms with Crippen LogP contribution in [0.5, 0.6) is 0 Å². The topological polar surface area (TPSA) is 63.3 Å². The third-order valence-electron chi connectivity index (χ3n) is 3.03. The SMILES string of the molecule is CC(C)C[C@H]1CCC[C@@]1(N)C(=O)O. The van der Waals surface area contributed by atoms with Crippen molar-refractivity contribution in [2.24, 2.45) is 17.6 Å². The Labute approximate surface area is 79.3 Å². The fourth-order valence-electron chi connectivity index (χ4n) is 2.28. The van der Waals surface area contributed by atoms with E-state index in [1.165, 1.54) is 0 Å². The highest BCUT2D eigenvalue weighted by atomic mass is 16.4. The van der Waals surface area contributed by atoms with Crippen molar-refractivity contribution in [1.82, 2.24) is 0 Å². The maximum Gasteiger partial charge on any atom is 0.323 e. The molecule has 2 atom stereocenters. The van der Waals surface area contributed by atoms with Crippen LogP contribution in [0.25, 0.3) is 0 Å². The van der Waals surface area contributed by atoms with Crippen molar-refractivity contribution in [3.05, 3.63) is 0 Å². The van der Waals surface area contributed by atoms with Crippen LogP contribution >= 0.6 is 0 Å². The lowest BCUT2D eigenvalue weighted by Crippen LogP contribution is -2.51. The van der Waals surface area contributed by atoms with Gasteiger partial charge in [-0.15, -0.1) is 0 Å². The number of rotatable bonds is 3. The fourth-order valence-corrected chi connectivity index (χ4v) is 2.28. The van der Waals surface area contributed by atoms with Crippen molar-refractivity contribution in [3.8, 4) is 0 Å². The zero-order valence-corrected chi connectivity index (χ0v) is 8.42. The standard InChI is InChI=1S/C10H19NO2/c1-7(2)6-8-4-3-5-10(8,11)9(12)13/h7-8H,3-6,11H2,1-2H3,(H,12,13)/t8-,10+/m1/s1. The van der Waals surface area contributed by atoms with Crippen molar-refractivity contribution >= 4 is 5.97 Å². The molecular formula is C10H19NO2. The number of hydrogen-bond donors (Lipinski definition) is 2. The second-order valence-corrected chi connectivity index (χ2v) is 4.56. The largest absolute Gasteiger partial charge is 0.480 e. The maximum absolute atomic E-state index is 11.0. The molecule has 0 radical (unpaired) electrons. The minimum Gasteiger partial charge on any atom is -0.480 e. The van der Waals surface area contributed by atoms with Crippen LogP contribution < -0.4 is 5.73 Å². The minimum atomic E-state index is -0.940. The van der Waals surface area contributed by atoms with Gasteiger partial charge in [-0.3, -0.25) is 4.79 Å². The monoisotopic (exact) mass is 185 g/mol. The Bertz CT molecular complexity index is 203. The molecule has 0 saturated heterocycles. The highest BCUT2D eigenvalue weighted by Crippen LogP contribution is 2.37. The molecule has 0 aromatic rings. The van der Waals surface area contributed by atoms with E-state index in [0.29, 0.717) is 12.3 Å². The first-order valence-electron chi connectivity index (χ1n) is 4.99. The van der Waals surface area contributed by atoms with Crippen LogP contribution in [0, 0.1) is 11.8 Å². The van der Waals surface area contributed by atoms with Crippen LogP contribution in [0.2, 0.25) is 0 Å². The van der Waals surface area contributed by atoms with Crippen LogP contribution in [-0.2, 0) is 4.79 Å². The number of aliphatic carboxylic acids is 1. The normalized spacial score (nSPS) is 34.0. The third kappa shape index (κ3) is 2.02. The summed E-state index contributed by atoms with van der Waals surface area (Å²) in [6.45, 7) is 4.22. The highest BCUT2D eigenvalue weighted by molar-refractivity contribution is 5.79. The van der Waals surface area contributed by atoms with Crippen molar-refractivity contribution in [2.45, 2.75) is 45.1 Å². The van der Waals surface area contributed by atoms with E-state index in [1.807, 2.05) is 0 Å². The van der Waals surface area contributed by atoms with Crippen molar-refractivity contribution in [3.63, 3.8) is 0 Å². The van der Waals surface area contributed by atoms with Gasteiger partial charge in [0.2, 0.25) is 0 Å². The Kier molecular flexibility index (Phi) is 2.96. The smallest absolute Gasteiger partial charge is 0.323 e. The van der Waals surface area contributed by atoms with Crippen LogP contribution in [0.1, 0.15) is 39.5 Å². The van der Waals surface area contributed by atoms with Gasteiger partial charge in [0, 0.05) is 0 Å². The van der Waals surface area contributed by atoms with E-state index in [9.17, 15) is 4.79 Å². The average molecular weight is 185 g/mol. The van der Waals surface area contributed by atoms with Gasteiger partial charge in [0.05, 0.1) is 0 Å². The number of nitrogens with two attached hydrogens (primary N) is 1. The molecule has 3 nitrogen and oxygen atoms in total. The summed E-state index contributed by atoms with van der Waals surface area (Å²) in [6, 6.07) is 0. The molecule has 0 aromatic carbocycles. The van der Waals surface area contributed by atoms with Gasteiger partial charge in [0.25, 0.3) is 0 Å². The van der Waals surface area contributed by atoms with E-state index in [0.717, 1.165) is 19.3 Å². The lowest BCUT2D eigenvalue weighted by molar-refractivity contribution is -0.145. The van der Waals surface area contributed by atoms with E-state index >= 15 is 0 Å². The second kappa shape index (κ2) is 3.66. The summed E-state index contributed by atoms with van der Waals surface area (Å²) in [5.41, 5.74) is 4.95. The molecule has 1 rings (SSSR count). The summed E-state index contributed by atoms with van der Waals surface area (Å²) in [6.07, 6.45) is 3.50. The summed E-state index contributed by atoms with van der Waals surface area (Å²) in [5.74, 6) is -0.119. The van der Waals surface area contributed by atoms with E-state index in [2.05, 4.69) is 13.8 Å². The Balaban J connectivity index is 2.68. The number of carboxylic acid groups (broad SMARTS) is 1. The van der Waals surface area contributed by atoms with Crippen LogP contribution in [0.15, 0.2) is 0 Å². The first-order chi connectivity index (χ1) is 5.97. The van der Waals surface area contributed by atoms with E-state index in [1.54, 1.807) is 0 Å². The molecule has 1 aliphatic carbocycles. The fraction of sp³-hybridized carbons (Fsp3) is 0.900. The molecular weight excluding hydrogens is 166 g/mol. The third-order valence-corrected chi connectivity index (χ3v) is 3.03. The lowest BCUT2D eigenvalue weighted by atomic mass is 9.82. The Morgan fingerprint density at radius 3 is 2.77 bits per heavy atom. The lowest BCUT2D eigenvalue weighted by Gasteiger charge is -2.27. The molecule has 1 fully saturated rings. The number of carbonyl (C=O) groups is 1. The molecule has 0 spiro atoms. The highest BCUT2D eigenvalue weighted by Gasteiger charge is 2.45. The average Bonchev–Trinajstić information content (AvgIpc) is 2.33. The molecule has 76 valence electrons. The number of hydrogen-bond acceptors (Lipinski definition) is 2. The van der Waals surface area contributed by atoms with Gasteiger partial charge in [0.1, 0.15) is 5.54 Å². The molecule has 0 aromatic heterocycles. The zero-order chi connectivity index (χ0) is 10.1. The predicted octanol–water partition coefficient (Wildman–Crippen LogP) is 1.61. The molecule has 1 saturated carbocycles. The maximum atomic E-state index is 11.0.